The predicted octanol–water partition coefficient (Wildman–Crippen LogP) is 1.69. The number of aromatic nitrogens is 2. The maximum Gasteiger partial charge on any atom is 0.278 e. The molecule has 86 valence electrons. The quantitative estimate of drug-likeness (QED) is 0.593. The second-order valence-corrected chi connectivity index (χ2v) is 3.17. The number of nitrogens with zero attached hydrogens (tertiary/aromatic N) is 4. The Morgan fingerprint density at radius 3 is 2.06 bits per heavy atom. The lowest BCUT2D eigenvalue weighted by Crippen LogP contribution is -1.99. The summed E-state index contributed by atoms with van der Waals surface area (Å²) < 4.78 is 1.32. The minimum Gasteiger partial charge on any atom is -0.258 e. The van der Waals surface area contributed by atoms with Crippen molar-refractivity contribution in [3.8, 4) is 5.69 Å². The zero-order chi connectivity index (χ0) is 12.4. The molecule has 17 heavy (non-hydrogen) atoms. The summed E-state index contributed by atoms with van der Waals surface area (Å²) in [6, 6.07) is 4.97. The van der Waals surface area contributed by atoms with Gasteiger partial charge in [0.2, 0.25) is 0 Å². The number of rotatable bonds is 3. The van der Waals surface area contributed by atoms with Gasteiger partial charge < -0.3 is 0 Å². The van der Waals surface area contributed by atoms with E-state index in [0.717, 1.165) is 6.07 Å². The highest BCUT2D eigenvalue weighted by Gasteiger charge is 2.17. The Morgan fingerprint density at radius 1 is 1.06 bits per heavy atom. The van der Waals surface area contributed by atoms with Crippen molar-refractivity contribution in [1.82, 2.24) is 9.78 Å². The average molecular weight is 234 g/mol. The summed E-state index contributed by atoms with van der Waals surface area (Å²) >= 11 is 0. The Labute approximate surface area is 94.4 Å². The number of hydrogen-bond donors (Lipinski definition) is 0. The Kier molecular flexibility index (Phi) is 2.53. The minimum absolute atomic E-state index is 0.274. The van der Waals surface area contributed by atoms with Crippen molar-refractivity contribution >= 4 is 11.4 Å². The summed E-state index contributed by atoms with van der Waals surface area (Å²) in [4.78, 5) is 19.9. The molecular formula is C9H6N4O4. The molecule has 8 heteroatoms. The normalized spacial score (nSPS) is 10.1. The van der Waals surface area contributed by atoms with Gasteiger partial charge in [0.15, 0.2) is 0 Å². The van der Waals surface area contributed by atoms with Gasteiger partial charge in [-0.3, -0.25) is 20.2 Å². The largest absolute Gasteiger partial charge is 0.278 e. The highest BCUT2D eigenvalue weighted by atomic mass is 16.6. The van der Waals surface area contributed by atoms with Gasteiger partial charge in [-0.2, -0.15) is 5.10 Å². The van der Waals surface area contributed by atoms with Crippen LogP contribution in [0.15, 0.2) is 36.7 Å². The summed E-state index contributed by atoms with van der Waals surface area (Å²) in [5.41, 5.74) is -0.412. The van der Waals surface area contributed by atoms with E-state index in [1.54, 1.807) is 12.3 Å². The van der Waals surface area contributed by atoms with Crippen molar-refractivity contribution in [2.75, 3.05) is 0 Å². The average Bonchev–Trinajstić information content (AvgIpc) is 2.81. The van der Waals surface area contributed by atoms with Crippen molar-refractivity contribution in [2.45, 2.75) is 0 Å². The fourth-order valence-electron chi connectivity index (χ4n) is 1.34. The molecule has 0 saturated carbocycles. The van der Waals surface area contributed by atoms with Crippen LogP contribution in [-0.2, 0) is 0 Å². The van der Waals surface area contributed by atoms with Crippen molar-refractivity contribution in [1.29, 1.82) is 0 Å². The predicted molar refractivity (Wildman–Crippen MR) is 56.9 cm³/mol. The van der Waals surface area contributed by atoms with Gasteiger partial charge in [-0.25, -0.2) is 4.68 Å². The Morgan fingerprint density at radius 2 is 1.65 bits per heavy atom. The van der Waals surface area contributed by atoms with Gasteiger partial charge in [0.05, 0.1) is 21.6 Å². The van der Waals surface area contributed by atoms with Gasteiger partial charge in [0.1, 0.15) is 0 Å². The molecule has 0 radical (unpaired) electrons. The fraction of sp³-hybridized carbons (Fsp3) is 0. The smallest absolute Gasteiger partial charge is 0.258 e. The molecule has 0 fully saturated rings. The molecule has 2 rings (SSSR count). The minimum atomic E-state index is -0.681. The highest BCUT2D eigenvalue weighted by molar-refractivity contribution is 5.52. The first-order valence-corrected chi connectivity index (χ1v) is 4.52. The van der Waals surface area contributed by atoms with Crippen LogP contribution in [0.5, 0.6) is 0 Å². The van der Waals surface area contributed by atoms with E-state index in [9.17, 15) is 20.2 Å². The number of hydrogen-bond acceptors (Lipinski definition) is 5. The van der Waals surface area contributed by atoms with Crippen LogP contribution in [-0.4, -0.2) is 19.6 Å². The van der Waals surface area contributed by atoms with Crippen LogP contribution in [0.3, 0.4) is 0 Å². The zero-order valence-corrected chi connectivity index (χ0v) is 8.39. The molecule has 1 aromatic carbocycles. The molecule has 0 aliphatic rings. The van der Waals surface area contributed by atoms with Crippen molar-refractivity contribution in [2.24, 2.45) is 0 Å². The lowest BCUT2D eigenvalue weighted by atomic mass is 10.2. The third kappa shape index (κ3) is 2.09. The molecule has 0 amide bonds. The molecule has 1 aromatic heterocycles. The van der Waals surface area contributed by atoms with Crippen LogP contribution in [0.25, 0.3) is 5.69 Å². The maximum atomic E-state index is 10.7. The molecule has 0 spiro atoms. The third-order valence-electron chi connectivity index (χ3n) is 2.08. The van der Waals surface area contributed by atoms with Crippen LogP contribution in [0, 0.1) is 20.2 Å². The molecule has 0 atom stereocenters. The van der Waals surface area contributed by atoms with Crippen molar-refractivity contribution < 1.29 is 9.85 Å². The van der Waals surface area contributed by atoms with E-state index in [2.05, 4.69) is 5.10 Å². The Balaban J connectivity index is 2.60. The number of non-ortho nitro benzene ring substituents is 2. The van der Waals surface area contributed by atoms with E-state index in [0.29, 0.717) is 0 Å². The van der Waals surface area contributed by atoms with Crippen LogP contribution < -0.4 is 0 Å². The van der Waals surface area contributed by atoms with Gasteiger partial charge in [-0.15, -0.1) is 0 Å². The molecule has 2 aromatic rings. The summed E-state index contributed by atoms with van der Waals surface area (Å²) in [7, 11) is 0. The molecule has 0 bridgehead atoms. The van der Waals surface area contributed by atoms with Crippen LogP contribution >= 0.6 is 0 Å². The van der Waals surface area contributed by atoms with Gasteiger partial charge in [-0.05, 0) is 6.07 Å². The SMILES string of the molecule is O=[N+]([O-])c1cc(-n2cccn2)cc([N+](=O)[O-])c1. The van der Waals surface area contributed by atoms with Crippen LogP contribution in [0.4, 0.5) is 11.4 Å². The summed E-state index contributed by atoms with van der Waals surface area (Å²) in [5, 5.41) is 25.2. The van der Waals surface area contributed by atoms with E-state index in [1.807, 2.05) is 0 Å². The Bertz CT molecular complexity index is 546. The standard InChI is InChI=1S/C9H6N4O4/c14-12(15)8-4-7(11-3-1-2-10-11)5-9(6-8)13(16)17/h1-6H. The second kappa shape index (κ2) is 4.00. The molecular weight excluding hydrogens is 228 g/mol. The first kappa shape index (κ1) is 10.7. The van der Waals surface area contributed by atoms with E-state index in [-0.39, 0.29) is 17.1 Å². The van der Waals surface area contributed by atoms with E-state index < -0.39 is 9.85 Å². The van der Waals surface area contributed by atoms with Gasteiger partial charge in [0, 0.05) is 24.5 Å². The van der Waals surface area contributed by atoms with Crippen LogP contribution in [0.2, 0.25) is 0 Å². The van der Waals surface area contributed by atoms with Gasteiger partial charge in [-0.1, -0.05) is 0 Å². The summed E-state index contributed by atoms with van der Waals surface area (Å²) in [5.74, 6) is 0. The number of nitro benzene ring substituents is 2. The molecule has 1 heterocycles. The molecule has 0 aliphatic heterocycles. The lowest BCUT2D eigenvalue weighted by Gasteiger charge is -2.01. The monoisotopic (exact) mass is 234 g/mol. The third-order valence-corrected chi connectivity index (χ3v) is 2.08. The van der Waals surface area contributed by atoms with Gasteiger partial charge in [0.25, 0.3) is 11.4 Å². The summed E-state index contributed by atoms with van der Waals surface area (Å²) in [6.45, 7) is 0. The van der Waals surface area contributed by atoms with E-state index in [1.165, 1.54) is 23.0 Å². The number of benzene rings is 1. The van der Waals surface area contributed by atoms with Gasteiger partial charge >= 0.3 is 0 Å². The maximum absolute atomic E-state index is 10.7. The Hall–Kier alpha value is -2.77. The van der Waals surface area contributed by atoms with E-state index in [4.69, 9.17) is 0 Å². The molecule has 0 N–H and O–H groups in total. The molecule has 0 unspecified atom stereocenters. The zero-order valence-electron chi connectivity index (χ0n) is 8.39. The van der Waals surface area contributed by atoms with E-state index >= 15 is 0 Å². The molecule has 8 nitrogen and oxygen atoms in total. The number of nitro groups is 2. The highest BCUT2D eigenvalue weighted by Crippen LogP contribution is 2.24. The molecule has 0 saturated heterocycles. The first-order valence-electron chi connectivity index (χ1n) is 4.52. The fourth-order valence-corrected chi connectivity index (χ4v) is 1.34. The lowest BCUT2D eigenvalue weighted by molar-refractivity contribution is -0.394. The van der Waals surface area contributed by atoms with Crippen molar-refractivity contribution in [3.05, 3.63) is 56.9 Å². The van der Waals surface area contributed by atoms with Crippen molar-refractivity contribution in [3.63, 3.8) is 0 Å². The van der Waals surface area contributed by atoms with Crippen LogP contribution in [0.1, 0.15) is 0 Å². The molecule has 0 aliphatic carbocycles. The second-order valence-electron chi connectivity index (χ2n) is 3.17. The first-order chi connectivity index (χ1) is 8.08. The topological polar surface area (TPSA) is 104 Å². The summed E-state index contributed by atoms with van der Waals surface area (Å²) in [6.07, 6.45) is 3.02.